The first-order chi connectivity index (χ1) is 13.9. The molecule has 0 bridgehead atoms. The molecule has 0 radical (unpaired) electrons. The van der Waals surface area contributed by atoms with Crippen molar-refractivity contribution in [1.82, 2.24) is 0 Å². The van der Waals surface area contributed by atoms with Crippen LogP contribution in [0.25, 0.3) is 0 Å². The van der Waals surface area contributed by atoms with E-state index in [0.29, 0.717) is 33.1 Å². The van der Waals surface area contributed by atoms with Crippen molar-refractivity contribution >= 4 is 41.8 Å². The lowest BCUT2D eigenvalue weighted by atomic mass is 10.2. The highest BCUT2D eigenvalue weighted by atomic mass is 32.1. The molecule has 3 aromatic rings. The number of esters is 1. The Morgan fingerprint density at radius 2 is 1.41 bits per heavy atom. The number of thiol groups is 1. The van der Waals surface area contributed by atoms with Gasteiger partial charge in [0.15, 0.2) is 0 Å². The van der Waals surface area contributed by atoms with Gasteiger partial charge < -0.3 is 15.4 Å². The topological polar surface area (TPSA) is 84.5 Å². The highest BCUT2D eigenvalue weighted by Gasteiger charge is 2.11. The van der Waals surface area contributed by atoms with Crippen molar-refractivity contribution in [2.75, 3.05) is 10.6 Å². The number of anilines is 2. The lowest BCUT2D eigenvalue weighted by Gasteiger charge is -2.09. The summed E-state index contributed by atoms with van der Waals surface area (Å²) in [7, 11) is 0. The first-order valence-corrected chi connectivity index (χ1v) is 9.16. The monoisotopic (exact) mass is 406 g/mol. The number of rotatable bonds is 5. The van der Waals surface area contributed by atoms with Gasteiger partial charge in [-0.1, -0.05) is 18.2 Å². The molecular weight excluding hydrogens is 388 g/mol. The van der Waals surface area contributed by atoms with E-state index in [4.69, 9.17) is 4.74 Å². The van der Waals surface area contributed by atoms with Crippen LogP contribution in [0.2, 0.25) is 0 Å². The molecule has 0 aliphatic heterocycles. The molecule has 0 saturated carbocycles. The maximum absolute atomic E-state index is 12.4. The van der Waals surface area contributed by atoms with Crippen LogP contribution >= 0.6 is 12.6 Å². The second-order valence-corrected chi connectivity index (χ2v) is 6.61. The fraction of sp³-hybridized carbons (Fsp3) is 0.0455. The first-order valence-electron chi connectivity index (χ1n) is 8.71. The van der Waals surface area contributed by atoms with Crippen LogP contribution in [-0.2, 0) is 4.79 Å². The molecule has 0 aliphatic rings. The van der Waals surface area contributed by atoms with Crippen molar-refractivity contribution in [2.24, 2.45) is 0 Å². The van der Waals surface area contributed by atoms with Crippen LogP contribution in [-0.4, -0.2) is 17.8 Å². The minimum absolute atomic E-state index is 0.269. The average molecular weight is 406 g/mol. The van der Waals surface area contributed by atoms with Gasteiger partial charge in [-0.15, -0.1) is 12.6 Å². The van der Waals surface area contributed by atoms with Gasteiger partial charge in [0.05, 0.1) is 5.56 Å². The van der Waals surface area contributed by atoms with Crippen LogP contribution in [0.4, 0.5) is 11.4 Å². The zero-order valence-corrected chi connectivity index (χ0v) is 16.4. The molecule has 2 amide bonds. The molecule has 0 fully saturated rings. The molecule has 7 heteroatoms. The van der Waals surface area contributed by atoms with E-state index >= 15 is 0 Å². The van der Waals surface area contributed by atoms with E-state index in [0.717, 1.165) is 0 Å². The van der Waals surface area contributed by atoms with Crippen LogP contribution in [0, 0.1) is 0 Å². The van der Waals surface area contributed by atoms with Crippen molar-refractivity contribution < 1.29 is 19.1 Å². The molecule has 3 rings (SSSR count). The van der Waals surface area contributed by atoms with Crippen LogP contribution in [0.1, 0.15) is 27.6 Å². The summed E-state index contributed by atoms with van der Waals surface area (Å²) >= 11 is 4.28. The summed E-state index contributed by atoms with van der Waals surface area (Å²) in [5.41, 5.74) is 1.97. The summed E-state index contributed by atoms with van der Waals surface area (Å²) in [6, 6.07) is 20.1. The third-order valence-electron chi connectivity index (χ3n) is 3.91. The quantitative estimate of drug-likeness (QED) is 0.333. The SMILES string of the molecule is CC(=O)Oc1cccc(C(=O)Nc2ccc(NC(=O)c3ccccc3S)cc2)c1. The van der Waals surface area contributed by atoms with E-state index in [1.165, 1.54) is 13.0 Å². The zero-order chi connectivity index (χ0) is 20.8. The van der Waals surface area contributed by atoms with Crippen LogP contribution in [0.5, 0.6) is 5.75 Å². The van der Waals surface area contributed by atoms with E-state index in [-0.39, 0.29) is 11.8 Å². The number of hydrogen-bond donors (Lipinski definition) is 3. The van der Waals surface area contributed by atoms with E-state index in [9.17, 15) is 14.4 Å². The Kier molecular flexibility index (Phi) is 6.31. The first kappa shape index (κ1) is 20.2. The highest BCUT2D eigenvalue weighted by Crippen LogP contribution is 2.19. The van der Waals surface area contributed by atoms with Crippen molar-refractivity contribution in [3.05, 3.63) is 83.9 Å². The minimum Gasteiger partial charge on any atom is -0.427 e. The Morgan fingerprint density at radius 1 is 0.793 bits per heavy atom. The number of benzene rings is 3. The molecular formula is C22H18N2O4S. The number of carbonyl (C=O) groups is 3. The summed E-state index contributed by atoms with van der Waals surface area (Å²) in [6.07, 6.45) is 0. The van der Waals surface area contributed by atoms with Gasteiger partial charge in [0.2, 0.25) is 0 Å². The predicted molar refractivity (Wildman–Crippen MR) is 114 cm³/mol. The maximum atomic E-state index is 12.4. The number of nitrogens with one attached hydrogen (secondary N) is 2. The van der Waals surface area contributed by atoms with E-state index in [1.54, 1.807) is 66.7 Å². The molecule has 0 aliphatic carbocycles. The van der Waals surface area contributed by atoms with E-state index < -0.39 is 5.97 Å². The van der Waals surface area contributed by atoms with Gasteiger partial charge in [-0.3, -0.25) is 14.4 Å². The van der Waals surface area contributed by atoms with E-state index in [2.05, 4.69) is 23.3 Å². The summed E-state index contributed by atoms with van der Waals surface area (Å²) in [4.78, 5) is 36.4. The average Bonchev–Trinajstić information content (AvgIpc) is 2.69. The number of hydrogen-bond acceptors (Lipinski definition) is 5. The molecule has 2 N–H and O–H groups in total. The van der Waals surface area contributed by atoms with Gasteiger partial charge in [0.25, 0.3) is 11.8 Å². The van der Waals surface area contributed by atoms with E-state index in [1.807, 2.05) is 0 Å². The highest BCUT2D eigenvalue weighted by molar-refractivity contribution is 7.80. The summed E-state index contributed by atoms with van der Waals surface area (Å²) in [6.45, 7) is 1.29. The maximum Gasteiger partial charge on any atom is 0.308 e. The largest absolute Gasteiger partial charge is 0.427 e. The smallest absolute Gasteiger partial charge is 0.308 e. The molecule has 29 heavy (non-hydrogen) atoms. The van der Waals surface area contributed by atoms with Gasteiger partial charge in [0, 0.05) is 28.8 Å². The normalized spacial score (nSPS) is 10.1. The molecule has 3 aromatic carbocycles. The van der Waals surface area contributed by atoms with Crippen LogP contribution in [0.3, 0.4) is 0 Å². The minimum atomic E-state index is -0.458. The van der Waals surface area contributed by atoms with Gasteiger partial charge >= 0.3 is 5.97 Å². The Balaban J connectivity index is 1.65. The van der Waals surface area contributed by atoms with Gasteiger partial charge in [-0.05, 0) is 54.6 Å². The second-order valence-electron chi connectivity index (χ2n) is 6.12. The van der Waals surface area contributed by atoms with Gasteiger partial charge in [-0.2, -0.15) is 0 Å². The van der Waals surface area contributed by atoms with Crippen LogP contribution < -0.4 is 15.4 Å². The number of amides is 2. The predicted octanol–water partition coefficient (Wildman–Crippen LogP) is 4.41. The zero-order valence-electron chi connectivity index (χ0n) is 15.5. The lowest BCUT2D eigenvalue weighted by molar-refractivity contribution is -0.131. The Morgan fingerprint density at radius 3 is 2.03 bits per heavy atom. The molecule has 6 nitrogen and oxygen atoms in total. The molecule has 146 valence electrons. The molecule has 0 heterocycles. The Labute approximate surface area is 173 Å². The van der Waals surface area contributed by atoms with Gasteiger partial charge in [0.1, 0.15) is 5.75 Å². The summed E-state index contributed by atoms with van der Waals surface area (Å²) in [5.74, 6) is -0.775. The fourth-order valence-corrected chi connectivity index (χ4v) is 2.83. The molecule has 0 saturated heterocycles. The molecule has 0 aromatic heterocycles. The number of carbonyl (C=O) groups excluding carboxylic acids is 3. The third kappa shape index (κ3) is 5.46. The van der Waals surface area contributed by atoms with Gasteiger partial charge in [-0.25, -0.2) is 0 Å². The standard InChI is InChI=1S/C22H18N2O4S/c1-14(25)28-18-6-4-5-15(13-18)21(26)23-16-9-11-17(12-10-16)24-22(27)19-7-2-3-8-20(19)29/h2-13,29H,1H3,(H,23,26)(H,24,27). The summed E-state index contributed by atoms with van der Waals surface area (Å²) < 4.78 is 4.99. The third-order valence-corrected chi connectivity index (χ3v) is 4.30. The Hall–Kier alpha value is -3.58. The number of ether oxygens (including phenoxy) is 1. The van der Waals surface area contributed by atoms with Crippen molar-refractivity contribution in [3.63, 3.8) is 0 Å². The lowest BCUT2D eigenvalue weighted by Crippen LogP contribution is -2.14. The molecule has 0 atom stereocenters. The Bertz CT molecular complexity index is 1060. The molecule has 0 spiro atoms. The summed E-state index contributed by atoms with van der Waals surface area (Å²) in [5, 5.41) is 5.54. The second kappa shape index (κ2) is 9.07. The molecule has 0 unspecified atom stereocenters. The van der Waals surface area contributed by atoms with Crippen LogP contribution in [0.15, 0.2) is 77.7 Å². The van der Waals surface area contributed by atoms with Crippen molar-refractivity contribution in [1.29, 1.82) is 0 Å². The fourth-order valence-electron chi connectivity index (χ4n) is 2.57. The van der Waals surface area contributed by atoms with Crippen molar-refractivity contribution in [2.45, 2.75) is 11.8 Å². The van der Waals surface area contributed by atoms with Crippen molar-refractivity contribution in [3.8, 4) is 5.75 Å².